The summed E-state index contributed by atoms with van der Waals surface area (Å²) in [6.07, 6.45) is 0. The third-order valence-corrected chi connectivity index (χ3v) is 4.09. The Kier molecular flexibility index (Phi) is 4.25. The standard InChI is InChI=1S/C17H13BrN2O3/c1-23-12-6-4-5-11(9-12)15(21)10-20-17(22)14-8-3-2-7-13(14)16(18)19-20/h2-9H,10H2,1H3. The first-order valence-corrected chi connectivity index (χ1v) is 7.72. The van der Waals surface area contributed by atoms with Crippen molar-refractivity contribution >= 4 is 32.5 Å². The van der Waals surface area contributed by atoms with Crippen LogP contribution in [-0.2, 0) is 6.54 Å². The van der Waals surface area contributed by atoms with Crippen molar-refractivity contribution in [2.75, 3.05) is 7.11 Å². The summed E-state index contributed by atoms with van der Waals surface area (Å²) in [7, 11) is 1.54. The minimum Gasteiger partial charge on any atom is -0.497 e. The van der Waals surface area contributed by atoms with Gasteiger partial charge in [0.25, 0.3) is 5.56 Å². The lowest BCUT2D eigenvalue weighted by Gasteiger charge is -2.08. The minimum absolute atomic E-state index is 0.130. The number of carbonyl (C=O) groups excluding carboxylic acids is 1. The highest BCUT2D eigenvalue weighted by Gasteiger charge is 2.13. The molecule has 0 fully saturated rings. The Bertz CT molecular complexity index is 950. The number of Topliss-reactive ketones (excluding diaryl/α,β-unsaturated/α-hetero) is 1. The summed E-state index contributed by atoms with van der Waals surface area (Å²) in [4.78, 5) is 24.9. The fourth-order valence-electron chi connectivity index (χ4n) is 2.32. The lowest BCUT2D eigenvalue weighted by atomic mass is 10.1. The van der Waals surface area contributed by atoms with Crippen molar-refractivity contribution in [3.63, 3.8) is 0 Å². The normalized spacial score (nSPS) is 10.7. The van der Waals surface area contributed by atoms with Crippen LogP contribution in [0.1, 0.15) is 10.4 Å². The van der Waals surface area contributed by atoms with Gasteiger partial charge in [-0.3, -0.25) is 9.59 Å². The Labute approximate surface area is 140 Å². The average molecular weight is 373 g/mol. The van der Waals surface area contributed by atoms with Gasteiger partial charge in [0, 0.05) is 10.9 Å². The van der Waals surface area contributed by atoms with E-state index in [2.05, 4.69) is 21.0 Å². The summed E-state index contributed by atoms with van der Waals surface area (Å²) >= 11 is 3.35. The number of carbonyl (C=O) groups is 1. The summed E-state index contributed by atoms with van der Waals surface area (Å²) < 4.78 is 6.82. The maximum Gasteiger partial charge on any atom is 0.275 e. The number of rotatable bonds is 4. The third kappa shape index (κ3) is 3.03. The molecule has 0 N–H and O–H groups in total. The molecule has 6 heteroatoms. The van der Waals surface area contributed by atoms with E-state index in [4.69, 9.17) is 4.74 Å². The van der Waals surface area contributed by atoms with Crippen LogP contribution in [0.25, 0.3) is 10.8 Å². The van der Waals surface area contributed by atoms with Gasteiger partial charge < -0.3 is 4.74 Å². The topological polar surface area (TPSA) is 61.2 Å². The van der Waals surface area contributed by atoms with Crippen LogP contribution in [0, 0.1) is 0 Å². The molecular weight excluding hydrogens is 360 g/mol. The summed E-state index contributed by atoms with van der Waals surface area (Å²) in [5, 5.41) is 5.42. The summed E-state index contributed by atoms with van der Waals surface area (Å²) in [5.41, 5.74) is 0.183. The molecule has 0 bridgehead atoms. The molecule has 0 spiro atoms. The fourth-order valence-corrected chi connectivity index (χ4v) is 2.86. The Balaban J connectivity index is 1.99. The zero-order valence-corrected chi connectivity index (χ0v) is 13.9. The van der Waals surface area contributed by atoms with Crippen LogP contribution >= 0.6 is 15.9 Å². The molecule has 3 aromatic rings. The summed E-state index contributed by atoms with van der Waals surface area (Å²) in [5.74, 6) is 0.386. The number of halogens is 1. The number of ketones is 1. The Morgan fingerprint density at radius 2 is 1.91 bits per heavy atom. The van der Waals surface area contributed by atoms with E-state index in [0.29, 0.717) is 21.3 Å². The number of hydrogen-bond donors (Lipinski definition) is 0. The number of benzene rings is 2. The van der Waals surface area contributed by atoms with Gasteiger partial charge in [0.1, 0.15) is 16.9 Å². The molecule has 1 heterocycles. The van der Waals surface area contributed by atoms with Crippen molar-refractivity contribution < 1.29 is 9.53 Å². The summed E-state index contributed by atoms with van der Waals surface area (Å²) in [6.45, 7) is -0.130. The summed E-state index contributed by atoms with van der Waals surface area (Å²) in [6, 6.07) is 14.0. The van der Waals surface area contributed by atoms with Crippen LogP contribution in [0.15, 0.2) is 57.9 Å². The van der Waals surface area contributed by atoms with Gasteiger partial charge in [0.15, 0.2) is 5.78 Å². The molecule has 0 radical (unpaired) electrons. The number of aromatic nitrogens is 2. The fraction of sp³-hybridized carbons (Fsp3) is 0.118. The highest BCUT2D eigenvalue weighted by molar-refractivity contribution is 9.10. The van der Waals surface area contributed by atoms with Crippen molar-refractivity contribution in [2.45, 2.75) is 6.54 Å². The van der Waals surface area contributed by atoms with Crippen LogP contribution in [0.2, 0.25) is 0 Å². The lowest BCUT2D eigenvalue weighted by molar-refractivity contribution is 0.0965. The van der Waals surface area contributed by atoms with Crippen LogP contribution in [0.5, 0.6) is 5.75 Å². The van der Waals surface area contributed by atoms with Gasteiger partial charge in [0.05, 0.1) is 12.5 Å². The van der Waals surface area contributed by atoms with Crippen molar-refractivity contribution in [2.24, 2.45) is 0 Å². The zero-order valence-electron chi connectivity index (χ0n) is 12.3. The van der Waals surface area contributed by atoms with Crippen molar-refractivity contribution in [3.8, 4) is 5.75 Å². The monoisotopic (exact) mass is 372 g/mol. The SMILES string of the molecule is COc1cccc(C(=O)Cn2nc(Br)c3ccccc3c2=O)c1. The Hall–Kier alpha value is -2.47. The molecule has 116 valence electrons. The molecule has 0 aliphatic heterocycles. The molecule has 0 unspecified atom stereocenters. The molecule has 0 saturated carbocycles. The Morgan fingerprint density at radius 3 is 2.65 bits per heavy atom. The largest absolute Gasteiger partial charge is 0.497 e. The Morgan fingerprint density at radius 1 is 1.17 bits per heavy atom. The molecule has 0 aliphatic carbocycles. The van der Waals surface area contributed by atoms with E-state index < -0.39 is 0 Å². The lowest BCUT2D eigenvalue weighted by Crippen LogP contribution is -2.27. The van der Waals surface area contributed by atoms with Crippen LogP contribution < -0.4 is 10.3 Å². The predicted molar refractivity (Wildman–Crippen MR) is 91.0 cm³/mol. The first kappa shape index (κ1) is 15.4. The van der Waals surface area contributed by atoms with E-state index in [0.717, 1.165) is 5.39 Å². The average Bonchev–Trinajstić information content (AvgIpc) is 2.59. The van der Waals surface area contributed by atoms with E-state index in [-0.39, 0.29) is 17.9 Å². The van der Waals surface area contributed by atoms with Gasteiger partial charge in [0.2, 0.25) is 0 Å². The second kappa shape index (κ2) is 6.34. The van der Waals surface area contributed by atoms with Crippen LogP contribution in [-0.4, -0.2) is 22.7 Å². The molecule has 0 saturated heterocycles. The third-order valence-electron chi connectivity index (χ3n) is 3.51. The first-order valence-electron chi connectivity index (χ1n) is 6.93. The molecule has 0 amide bonds. The quantitative estimate of drug-likeness (QED) is 0.660. The minimum atomic E-state index is -0.292. The highest BCUT2D eigenvalue weighted by Crippen LogP contribution is 2.18. The van der Waals surface area contributed by atoms with Gasteiger partial charge in [-0.2, -0.15) is 5.10 Å². The zero-order chi connectivity index (χ0) is 16.4. The van der Waals surface area contributed by atoms with E-state index in [1.54, 1.807) is 36.4 Å². The molecule has 0 aliphatic rings. The van der Waals surface area contributed by atoms with Gasteiger partial charge in [-0.15, -0.1) is 0 Å². The van der Waals surface area contributed by atoms with Gasteiger partial charge >= 0.3 is 0 Å². The maximum atomic E-state index is 12.5. The van der Waals surface area contributed by atoms with E-state index in [1.165, 1.54) is 11.8 Å². The molecule has 1 aromatic heterocycles. The second-order valence-electron chi connectivity index (χ2n) is 4.95. The van der Waals surface area contributed by atoms with Crippen molar-refractivity contribution in [3.05, 3.63) is 69.1 Å². The van der Waals surface area contributed by atoms with Gasteiger partial charge in [-0.25, -0.2) is 4.68 Å². The molecule has 0 atom stereocenters. The maximum absolute atomic E-state index is 12.5. The van der Waals surface area contributed by atoms with E-state index in [9.17, 15) is 9.59 Å². The van der Waals surface area contributed by atoms with E-state index in [1.807, 2.05) is 12.1 Å². The second-order valence-corrected chi connectivity index (χ2v) is 5.71. The molecule has 23 heavy (non-hydrogen) atoms. The molecule has 2 aromatic carbocycles. The van der Waals surface area contributed by atoms with Gasteiger partial charge in [-0.05, 0) is 34.1 Å². The molecular formula is C17H13BrN2O3. The number of nitrogens with zero attached hydrogens (tertiary/aromatic N) is 2. The molecule has 3 rings (SSSR count). The van der Waals surface area contributed by atoms with Crippen LogP contribution in [0.3, 0.4) is 0 Å². The van der Waals surface area contributed by atoms with Crippen molar-refractivity contribution in [1.82, 2.24) is 9.78 Å². The van der Waals surface area contributed by atoms with Gasteiger partial charge in [-0.1, -0.05) is 30.3 Å². The predicted octanol–water partition coefficient (Wildman–Crippen LogP) is 3.05. The number of ether oxygens (including phenoxy) is 1. The first-order chi connectivity index (χ1) is 11.1. The van der Waals surface area contributed by atoms with E-state index >= 15 is 0 Å². The smallest absolute Gasteiger partial charge is 0.275 e. The number of fused-ring (bicyclic) bond motifs is 1. The highest BCUT2D eigenvalue weighted by atomic mass is 79.9. The molecule has 5 nitrogen and oxygen atoms in total. The van der Waals surface area contributed by atoms with Crippen molar-refractivity contribution in [1.29, 1.82) is 0 Å². The number of methoxy groups -OCH3 is 1. The van der Waals surface area contributed by atoms with Crippen LogP contribution in [0.4, 0.5) is 0 Å². The number of hydrogen-bond acceptors (Lipinski definition) is 4.